The Morgan fingerprint density at radius 1 is 0.914 bits per heavy atom. The van der Waals surface area contributed by atoms with Crippen LogP contribution in [0.5, 0.6) is 0 Å². The molecule has 3 rings (SSSR count). The van der Waals surface area contributed by atoms with Crippen molar-refractivity contribution in [1.29, 1.82) is 0 Å². The fourth-order valence-electron chi connectivity index (χ4n) is 3.82. The van der Waals surface area contributed by atoms with E-state index in [2.05, 4.69) is 11.4 Å². The molecule has 0 unspecified atom stereocenters. The van der Waals surface area contributed by atoms with E-state index in [4.69, 9.17) is 34.8 Å². The van der Waals surface area contributed by atoms with Crippen LogP contribution in [-0.4, -0.2) is 25.2 Å². The van der Waals surface area contributed by atoms with E-state index < -0.39 is 22.5 Å². The van der Waals surface area contributed by atoms with Crippen LogP contribution in [0.15, 0.2) is 59.5 Å². The number of aryl methyl sites for hydroxylation is 3. The lowest BCUT2D eigenvalue weighted by Gasteiger charge is -2.25. The summed E-state index contributed by atoms with van der Waals surface area (Å²) in [5.74, 6) is -0.448. The molecule has 0 saturated heterocycles. The Morgan fingerprint density at radius 2 is 1.49 bits per heavy atom. The second-order valence-corrected chi connectivity index (χ2v) is 11.7. The molecule has 3 aromatic rings. The highest BCUT2D eigenvalue weighted by Gasteiger charge is 2.29. The highest BCUT2D eigenvalue weighted by Crippen LogP contribution is 2.29. The number of nitrogens with one attached hydrogen (secondary N) is 1. The van der Waals surface area contributed by atoms with Gasteiger partial charge in [0.15, 0.2) is 0 Å². The maximum absolute atomic E-state index is 13.5. The Morgan fingerprint density at radius 3 is 2.09 bits per heavy atom. The zero-order valence-electron chi connectivity index (χ0n) is 19.9. The highest BCUT2D eigenvalue weighted by molar-refractivity contribution is 7.89. The van der Waals surface area contributed by atoms with Gasteiger partial charge in [-0.05, 0) is 86.3 Å². The maximum atomic E-state index is 13.5. The third-order valence-electron chi connectivity index (χ3n) is 5.89. The minimum atomic E-state index is -4.07. The molecule has 0 aliphatic heterocycles. The summed E-state index contributed by atoms with van der Waals surface area (Å²) >= 11 is 18.6. The molecule has 1 N–H and O–H groups in total. The van der Waals surface area contributed by atoms with E-state index in [1.165, 1.54) is 29.8 Å². The smallest absolute Gasteiger partial charge is 0.243 e. The zero-order chi connectivity index (χ0) is 25.9. The van der Waals surface area contributed by atoms with Gasteiger partial charge in [-0.15, -0.1) is 0 Å². The molecule has 0 radical (unpaired) electrons. The predicted octanol–water partition coefficient (Wildman–Crippen LogP) is 6.64. The van der Waals surface area contributed by atoms with E-state index in [0.29, 0.717) is 20.6 Å². The molecule has 0 bridgehead atoms. The number of rotatable bonds is 8. The largest absolute Gasteiger partial charge is 0.348 e. The second kappa shape index (κ2) is 11.3. The molecule has 35 heavy (non-hydrogen) atoms. The number of hydrogen-bond donors (Lipinski definition) is 1. The van der Waals surface area contributed by atoms with Crippen LogP contribution in [0.3, 0.4) is 0 Å². The molecule has 0 fully saturated rings. The van der Waals surface area contributed by atoms with Crippen LogP contribution in [0.25, 0.3) is 0 Å². The van der Waals surface area contributed by atoms with Crippen LogP contribution < -0.4 is 5.32 Å². The molecule has 1 atom stereocenters. The van der Waals surface area contributed by atoms with E-state index in [9.17, 15) is 13.2 Å². The van der Waals surface area contributed by atoms with E-state index in [1.807, 2.05) is 33.8 Å². The van der Waals surface area contributed by atoms with Crippen molar-refractivity contribution >= 4 is 50.7 Å². The highest BCUT2D eigenvalue weighted by atomic mass is 35.5. The van der Waals surface area contributed by atoms with Gasteiger partial charge < -0.3 is 5.32 Å². The van der Waals surface area contributed by atoms with E-state index in [1.54, 1.807) is 18.2 Å². The van der Waals surface area contributed by atoms with Crippen molar-refractivity contribution in [1.82, 2.24) is 9.62 Å². The molecule has 186 valence electrons. The van der Waals surface area contributed by atoms with Crippen molar-refractivity contribution in [3.05, 3.63) is 97.5 Å². The van der Waals surface area contributed by atoms with Crippen LogP contribution in [0.1, 0.15) is 40.8 Å². The van der Waals surface area contributed by atoms with Gasteiger partial charge in [-0.1, -0.05) is 53.0 Å². The zero-order valence-corrected chi connectivity index (χ0v) is 23.0. The van der Waals surface area contributed by atoms with Crippen LogP contribution >= 0.6 is 34.8 Å². The number of sulfonamides is 1. The van der Waals surface area contributed by atoms with Crippen LogP contribution in [0.2, 0.25) is 15.1 Å². The molecule has 0 saturated carbocycles. The summed E-state index contributed by atoms with van der Waals surface area (Å²) in [6.07, 6.45) is 0. The Balaban J connectivity index is 1.91. The number of hydrogen-bond acceptors (Lipinski definition) is 3. The minimum Gasteiger partial charge on any atom is -0.348 e. The Hall–Kier alpha value is -2.09. The van der Waals surface area contributed by atoms with Crippen LogP contribution in [-0.2, 0) is 21.4 Å². The van der Waals surface area contributed by atoms with E-state index in [-0.39, 0.29) is 17.5 Å². The normalized spacial score (nSPS) is 12.6. The third-order valence-corrected chi connectivity index (χ3v) is 8.66. The van der Waals surface area contributed by atoms with Gasteiger partial charge in [-0.2, -0.15) is 4.31 Å². The summed E-state index contributed by atoms with van der Waals surface area (Å²) in [5, 5.41) is 3.96. The molecule has 0 spiro atoms. The van der Waals surface area contributed by atoms with Crippen molar-refractivity contribution in [3.63, 3.8) is 0 Å². The molecule has 9 heteroatoms. The molecule has 0 aromatic heterocycles. The lowest BCUT2D eigenvalue weighted by molar-refractivity contribution is -0.122. The van der Waals surface area contributed by atoms with Gasteiger partial charge in [0, 0.05) is 27.2 Å². The Kier molecular flexibility index (Phi) is 8.89. The molecule has 0 aliphatic carbocycles. The SMILES string of the molecule is Cc1cc(C)c([C@@H](C)NC(=O)CN(Cc2c(Cl)cccc2Cl)S(=O)(=O)c2ccc(Cl)cc2)cc1C. The van der Waals surface area contributed by atoms with Gasteiger partial charge >= 0.3 is 0 Å². The summed E-state index contributed by atoms with van der Waals surface area (Å²) in [6, 6.07) is 14.5. The summed E-state index contributed by atoms with van der Waals surface area (Å²) < 4.78 is 28.1. The number of carbonyl (C=O) groups is 1. The Labute approximate surface area is 222 Å². The number of benzene rings is 3. The topological polar surface area (TPSA) is 66.5 Å². The fourth-order valence-corrected chi connectivity index (χ4v) is 5.82. The van der Waals surface area contributed by atoms with Gasteiger partial charge in [-0.25, -0.2) is 8.42 Å². The van der Waals surface area contributed by atoms with Crippen molar-refractivity contribution < 1.29 is 13.2 Å². The summed E-state index contributed by atoms with van der Waals surface area (Å²) in [5.41, 5.74) is 4.73. The monoisotopic (exact) mass is 552 g/mol. The summed E-state index contributed by atoms with van der Waals surface area (Å²) in [7, 11) is -4.07. The predicted molar refractivity (Wildman–Crippen MR) is 143 cm³/mol. The first-order valence-corrected chi connectivity index (χ1v) is 13.5. The van der Waals surface area contributed by atoms with Crippen molar-refractivity contribution in [2.75, 3.05) is 6.54 Å². The standard InChI is InChI=1S/C26H27Cl3N2O3S/c1-16-12-18(3)22(13-17(16)2)19(4)30-26(32)15-31(14-23-24(28)6-5-7-25(23)29)35(33,34)21-10-8-20(27)9-11-21/h5-13,19H,14-15H2,1-4H3,(H,30,32)/t19-/m1/s1. The summed E-state index contributed by atoms with van der Waals surface area (Å²) in [4.78, 5) is 13.1. The lowest BCUT2D eigenvalue weighted by Crippen LogP contribution is -2.41. The van der Waals surface area contributed by atoms with Crippen molar-refractivity contribution in [2.45, 2.75) is 45.2 Å². The first-order chi connectivity index (χ1) is 16.4. The van der Waals surface area contributed by atoms with Crippen LogP contribution in [0.4, 0.5) is 0 Å². The quantitative estimate of drug-likeness (QED) is 0.340. The molecule has 0 heterocycles. The maximum Gasteiger partial charge on any atom is 0.243 e. The third kappa shape index (κ3) is 6.57. The van der Waals surface area contributed by atoms with Crippen molar-refractivity contribution in [3.8, 4) is 0 Å². The van der Waals surface area contributed by atoms with E-state index in [0.717, 1.165) is 21.0 Å². The molecule has 0 aliphatic rings. The van der Waals surface area contributed by atoms with Gasteiger partial charge in [-0.3, -0.25) is 4.79 Å². The van der Waals surface area contributed by atoms with Gasteiger partial charge in [0.05, 0.1) is 17.5 Å². The lowest BCUT2D eigenvalue weighted by atomic mass is 9.96. The van der Waals surface area contributed by atoms with Crippen LogP contribution in [0, 0.1) is 20.8 Å². The van der Waals surface area contributed by atoms with Gasteiger partial charge in [0.1, 0.15) is 0 Å². The fraction of sp³-hybridized carbons (Fsp3) is 0.269. The molecular formula is C26H27Cl3N2O3S. The number of amides is 1. The van der Waals surface area contributed by atoms with Crippen molar-refractivity contribution in [2.24, 2.45) is 0 Å². The average Bonchev–Trinajstić information content (AvgIpc) is 2.78. The number of carbonyl (C=O) groups excluding carboxylic acids is 1. The molecule has 5 nitrogen and oxygen atoms in total. The van der Waals surface area contributed by atoms with Gasteiger partial charge in [0.25, 0.3) is 0 Å². The number of nitrogens with zero attached hydrogens (tertiary/aromatic N) is 1. The minimum absolute atomic E-state index is 0.0101. The Bertz CT molecular complexity index is 1320. The molecule has 3 aromatic carbocycles. The summed E-state index contributed by atoms with van der Waals surface area (Å²) in [6.45, 7) is 7.32. The first-order valence-electron chi connectivity index (χ1n) is 11.0. The second-order valence-electron chi connectivity index (χ2n) is 8.51. The van der Waals surface area contributed by atoms with E-state index >= 15 is 0 Å². The molecule has 1 amide bonds. The van der Waals surface area contributed by atoms with Gasteiger partial charge in [0.2, 0.25) is 15.9 Å². The first kappa shape index (κ1) is 27.5. The molecular weight excluding hydrogens is 527 g/mol. The average molecular weight is 554 g/mol. The number of halogens is 3.